The molecule has 136 valence electrons. The maximum Gasteiger partial charge on any atom is 0.251 e. The lowest BCUT2D eigenvalue weighted by Gasteiger charge is -2.35. The van der Waals surface area contributed by atoms with Gasteiger partial charge in [-0.25, -0.2) is 0 Å². The molecule has 2 aromatic carbocycles. The summed E-state index contributed by atoms with van der Waals surface area (Å²) in [6, 6.07) is 15.0. The van der Waals surface area contributed by atoms with Gasteiger partial charge < -0.3 is 20.9 Å². The van der Waals surface area contributed by atoms with Crippen LogP contribution in [0.5, 0.6) is 11.5 Å². The predicted octanol–water partition coefficient (Wildman–Crippen LogP) is 5.39. The summed E-state index contributed by atoms with van der Waals surface area (Å²) in [4.78, 5) is 0. The SMILES string of the molecule is CCCCC(CCCC)(Oc1cccc(N)c1)Oc1cccc(N)c1. The smallest absolute Gasteiger partial charge is 0.251 e. The van der Waals surface area contributed by atoms with Gasteiger partial charge in [-0.05, 0) is 37.1 Å². The van der Waals surface area contributed by atoms with E-state index in [1.807, 2.05) is 48.5 Å². The third kappa shape index (κ3) is 5.89. The molecule has 2 rings (SSSR count). The van der Waals surface area contributed by atoms with Crippen molar-refractivity contribution < 1.29 is 9.47 Å². The highest BCUT2D eigenvalue weighted by Crippen LogP contribution is 2.33. The molecular formula is C21H30N2O2. The van der Waals surface area contributed by atoms with Gasteiger partial charge in [0.15, 0.2) is 0 Å². The molecule has 0 radical (unpaired) electrons. The molecule has 0 unspecified atom stereocenters. The first-order valence-electron chi connectivity index (χ1n) is 9.16. The Hall–Kier alpha value is -2.36. The molecular weight excluding hydrogens is 312 g/mol. The fourth-order valence-electron chi connectivity index (χ4n) is 2.83. The van der Waals surface area contributed by atoms with Gasteiger partial charge in [0.2, 0.25) is 0 Å². The Morgan fingerprint density at radius 1 is 0.760 bits per heavy atom. The number of hydrogen-bond donors (Lipinski definition) is 2. The summed E-state index contributed by atoms with van der Waals surface area (Å²) < 4.78 is 12.8. The number of nitrogen functional groups attached to an aromatic ring is 2. The van der Waals surface area contributed by atoms with Crippen LogP contribution in [-0.2, 0) is 0 Å². The lowest BCUT2D eigenvalue weighted by Crippen LogP contribution is -2.42. The van der Waals surface area contributed by atoms with E-state index in [0.29, 0.717) is 11.4 Å². The molecule has 0 bridgehead atoms. The average molecular weight is 342 g/mol. The van der Waals surface area contributed by atoms with Crippen LogP contribution in [0.25, 0.3) is 0 Å². The second kappa shape index (κ2) is 9.21. The molecule has 4 N–H and O–H groups in total. The monoisotopic (exact) mass is 342 g/mol. The number of hydrogen-bond acceptors (Lipinski definition) is 4. The van der Waals surface area contributed by atoms with Crippen LogP contribution in [-0.4, -0.2) is 5.79 Å². The van der Waals surface area contributed by atoms with Crippen molar-refractivity contribution in [2.45, 2.75) is 58.2 Å². The van der Waals surface area contributed by atoms with Gasteiger partial charge in [-0.1, -0.05) is 38.8 Å². The second-order valence-electron chi connectivity index (χ2n) is 6.47. The molecule has 0 spiro atoms. The van der Waals surface area contributed by atoms with Crippen LogP contribution in [0.15, 0.2) is 48.5 Å². The molecule has 2 aromatic rings. The summed E-state index contributed by atoms with van der Waals surface area (Å²) in [6.45, 7) is 4.34. The molecule has 0 aliphatic rings. The molecule has 0 aliphatic heterocycles. The van der Waals surface area contributed by atoms with Gasteiger partial charge in [-0.3, -0.25) is 0 Å². The van der Waals surface area contributed by atoms with E-state index in [9.17, 15) is 0 Å². The van der Waals surface area contributed by atoms with Gasteiger partial charge in [-0.2, -0.15) is 0 Å². The molecule has 4 heteroatoms. The maximum absolute atomic E-state index is 6.39. The number of nitrogens with two attached hydrogens (primary N) is 2. The van der Waals surface area contributed by atoms with E-state index in [2.05, 4.69) is 13.8 Å². The summed E-state index contributed by atoms with van der Waals surface area (Å²) in [6.07, 6.45) is 5.83. The van der Waals surface area contributed by atoms with Crippen molar-refractivity contribution in [1.29, 1.82) is 0 Å². The summed E-state index contributed by atoms with van der Waals surface area (Å²) >= 11 is 0. The number of ether oxygens (including phenoxy) is 2. The van der Waals surface area contributed by atoms with Crippen LogP contribution in [0.2, 0.25) is 0 Å². The van der Waals surface area contributed by atoms with E-state index in [1.54, 1.807) is 0 Å². The number of anilines is 2. The molecule has 0 fully saturated rings. The first-order valence-corrected chi connectivity index (χ1v) is 9.16. The van der Waals surface area contributed by atoms with E-state index < -0.39 is 5.79 Å². The fourth-order valence-corrected chi connectivity index (χ4v) is 2.83. The van der Waals surface area contributed by atoms with Gasteiger partial charge >= 0.3 is 0 Å². The van der Waals surface area contributed by atoms with Crippen LogP contribution in [0, 0.1) is 0 Å². The molecule has 25 heavy (non-hydrogen) atoms. The van der Waals surface area contributed by atoms with Crippen molar-refractivity contribution in [1.82, 2.24) is 0 Å². The van der Waals surface area contributed by atoms with E-state index in [-0.39, 0.29) is 0 Å². The lowest BCUT2D eigenvalue weighted by molar-refractivity contribution is -0.127. The van der Waals surface area contributed by atoms with Crippen molar-refractivity contribution in [2.24, 2.45) is 0 Å². The Bertz CT molecular complexity index is 600. The normalized spacial score (nSPS) is 11.3. The second-order valence-corrected chi connectivity index (χ2v) is 6.47. The summed E-state index contributed by atoms with van der Waals surface area (Å²) in [7, 11) is 0. The van der Waals surface area contributed by atoms with Crippen molar-refractivity contribution in [3.8, 4) is 11.5 Å². The predicted molar refractivity (Wildman–Crippen MR) is 105 cm³/mol. The van der Waals surface area contributed by atoms with Gasteiger partial charge in [0.25, 0.3) is 5.79 Å². The standard InChI is InChI=1S/C21H30N2O2/c1-3-5-13-21(14-6-4-2,24-19-11-7-9-17(22)15-19)25-20-12-8-10-18(23)16-20/h7-12,15-16H,3-6,13-14,22-23H2,1-2H3. The van der Waals surface area contributed by atoms with Gasteiger partial charge in [0, 0.05) is 36.3 Å². The Balaban J connectivity index is 2.31. The number of unbranched alkanes of at least 4 members (excludes halogenated alkanes) is 2. The molecule has 0 saturated heterocycles. The summed E-state index contributed by atoms with van der Waals surface area (Å²) in [5.74, 6) is 0.750. The van der Waals surface area contributed by atoms with Gasteiger partial charge in [0.1, 0.15) is 11.5 Å². The summed E-state index contributed by atoms with van der Waals surface area (Å²) in [5.41, 5.74) is 13.2. The summed E-state index contributed by atoms with van der Waals surface area (Å²) in [5, 5.41) is 0. The van der Waals surface area contributed by atoms with Gasteiger partial charge in [-0.15, -0.1) is 0 Å². The van der Waals surface area contributed by atoms with E-state index >= 15 is 0 Å². The minimum absolute atomic E-state index is 0.682. The Morgan fingerprint density at radius 2 is 1.20 bits per heavy atom. The molecule has 0 aliphatic carbocycles. The highest BCUT2D eigenvalue weighted by molar-refractivity contribution is 5.45. The third-order valence-corrected chi connectivity index (χ3v) is 4.15. The number of rotatable bonds is 10. The Kier molecular flexibility index (Phi) is 6.99. The number of benzene rings is 2. The Morgan fingerprint density at radius 3 is 1.56 bits per heavy atom. The average Bonchev–Trinajstić information content (AvgIpc) is 2.58. The molecule has 4 nitrogen and oxygen atoms in total. The maximum atomic E-state index is 6.39. The quantitative estimate of drug-likeness (QED) is 0.449. The molecule has 0 heterocycles. The molecule has 0 amide bonds. The highest BCUT2D eigenvalue weighted by Gasteiger charge is 2.34. The van der Waals surface area contributed by atoms with E-state index in [1.165, 1.54) is 0 Å². The van der Waals surface area contributed by atoms with Crippen LogP contribution in [0.4, 0.5) is 11.4 Å². The van der Waals surface area contributed by atoms with Crippen molar-refractivity contribution >= 4 is 11.4 Å². The lowest BCUT2D eigenvalue weighted by atomic mass is 10.0. The Labute approximate surface area is 151 Å². The molecule has 0 saturated carbocycles. The topological polar surface area (TPSA) is 70.5 Å². The van der Waals surface area contributed by atoms with Crippen LogP contribution >= 0.6 is 0 Å². The van der Waals surface area contributed by atoms with Crippen LogP contribution < -0.4 is 20.9 Å². The first-order chi connectivity index (χ1) is 12.1. The zero-order valence-corrected chi connectivity index (χ0v) is 15.3. The minimum atomic E-state index is -0.715. The highest BCUT2D eigenvalue weighted by atomic mass is 16.7. The van der Waals surface area contributed by atoms with E-state index in [0.717, 1.165) is 50.0 Å². The van der Waals surface area contributed by atoms with Crippen molar-refractivity contribution in [2.75, 3.05) is 11.5 Å². The van der Waals surface area contributed by atoms with Gasteiger partial charge in [0.05, 0.1) is 0 Å². The molecule has 0 atom stereocenters. The van der Waals surface area contributed by atoms with Crippen molar-refractivity contribution in [3.05, 3.63) is 48.5 Å². The zero-order valence-electron chi connectivity index (χ0n) is 15.3. The molecule has 0 aromatic heterocycles. The minimum Gasteiger partial charge on any atom is -0.452 e. The fraction of sp³-hybridized carbons (Fsp3) is 0.429. The zero-order chi connectivity index (χ0) is 18.1. The van der Waals surface area contributed by atoms with Crippen LogP contribution in [0.1, 0.15) is 52.4 Å². The van der Waals surface area contributed by atoms with Crippen molar-refractivity contribution in [3.63, 3.8) is 0 Å². The largest absolute Gasteiger partial charge is 0.452 e. The van der Waals surface area contributed by atoms with E-state index in [4.69, 9.17) is 20.9 Å². The first kappa shape index (κ1) is 19.0. The third-order valence-electron chi connectivity index (χ3n) is 4.15. The van der Waals surface area contributed by atoms with Crippen LogP contribution in [0.3, 0.4) is 0 Å².